The molecular formula is C12H17N5OS. The fourth-order valence-corrected chi connectivity index (χ4v) is 2.41. The van der Waals surface area contributed by atoms with Gasteiger partial charge in [-0.1, -0.05) is 0 Å². The van der Waals surface area contributed by atoms with Crippen molar-refractivity contribution in [2.75, 3.05) is 5.32 Å². The molecule has 0 fully saturated rings. The minimum absolute atomic E-state index is 0.101. The molecule has 2 heterocycles. The number of amides is 2. The molecule has 2 amide bonds. The fourth-order valence-electron chi connectivity index (χ4n) is 1.60. The molecule has 19 heavy (non-hydrogen) atoms. The predicted octanol–water partition coefficient (Wildman–Crippen LogP) is 2.38. The van der Waals surface area contributed by atoms with Gasteiger partial charge in [-0.05, 0) is 20.8 Å². The van der Waals surface area contributed by atoms with E-state index >= 15 is 0 Å². The summed E-state index contributed by atoms with van der Waals surface area (Å²) in [6, 6.07) is -0.360. The van der Waals surface area contributed by atoms with E-state index in [9.17, 15) is 4.79 Å². The van der Waals surface area contributed by atoms with Crippen molar-refractivity contribution < 1.29 is 4.79 Å². The SMILES string of the molecule is Cc1nc(NC(=O)NC(C)c2cnn(C)c2)sc1C. The van der Waals surface area contributed by atoms with Crippen LogP contribution in [0.1, 0.15) is 29.1 Å². The number of rotatable bonds is 3. The summed E-state index contributed by atoms with van der Waals surface area (Å²) in [5, 5.41) is 10.3. The van der Waals surface area contributed by atoms with E-state index in [0.717, 1.165) is 16.1 Å². The minimum Gasteiger partial charge on any atom is -0.331 e. The van der Waals surface area contributed by atoms with Gasteiger partial charge in [0.25, 0.3) is 0 Å². The van der Waals surface area contributed by atoms with Crippen molar-refractivity contribution in [3.63, 3.8) is 0 Å². The highest BCUT2D eigenvalue weighted by Crippen LogP contribution is 2.21. The van der Waals surface area contributed by atoms with Gasteiger partial charge in [0.05, 0.1) is 17.9 Å². The summed E-state index contributed by atoms with van der Waals surface area (Å²) in [5.41, 5.74) is 1.91. The number of hydrogen-bond acceptors (Lipinski definition) is 4. The van der Waals surface area contributed by atoms with E-state index < -0.39 is 0 Å². The number of nitrogens with one attached hydrogen (secondary N) is 2. The van der Waals surface area contributed by atoms with Crippen LogP contribution in [0.2, 0.25) is 0 Å². The van der Waals surface area contributed by atoms with Crippen LogP contribution in [0.25, 0.3) is 0 Å². The molecule has 0 radical (unpaired) electrons. The van der Waals surface area contributed by atoms with Crippen LogP contribution in [0, 0.1) is 13.8 Å². The van der Waals surface area contributed by atoms with Gasteiger partial charge in [0.2, 0.25) is 0 Å². The summed E-state index contributed by atoms with van der Waals surface area (Å²) in [5.74, 6) is 0. The van der Waals surface area contributed by atoms with E-state index in [1.54, 1.807) is 10.9 Å². The Kier molecular flexibility index (Phi) is 3.84. The van der Waals surface area contributed by atoms with Gasteiger partial charge < -0.3 is 5.32 Å². The Morgan fingerprint density at radius 3 is 2.74 bits per heavy atom. The van der Waals surface area contributed by atoms with Gasteiger partial charge in [-0.2, -0.15) is 5.10 Å². The first-order valence-corrected chi connectivity index (χ1v) is 6.77. The lowest BCUT2D eigenvalue weighted by molar-refractivity contribution is 0.249. The number of urea groups is 1. The predicted molar refractivity (Wildman–Crippen MR) is 75.4 cm³/mol. The van der Waals surface area contributed by atoms with Crippen LogP contribution in [-0.4, -0.2) is 20.8 Å². The van der Waals surface area contributed by atoms with Gasteiger partial charge in [0.1, 0.15) is 0 Å². The third-order valence-corrected chi connectivity index (χ3v) is 3.81. The second kappa shape index (κ2) is 5.40. The van der Waals surface area contributed by atoms with Crippen LogP contribution < -0.4 is 10.6 Å². The van der Waals surface area contributed by atoms with Gasteiger partial charge in [-0.3, -0.25) is 10.00 Å². The molecule has 0 aliphatic heterocycles. The van der Waals surface area contributed by atoms with Crippen LogP contribution in [0.4, 0.5) is 9.93 Å². The quantitative estimate of drug-likeness (QED) is 0.906. The Bertz CT molecular complexity index is 569. The highest BCUT2D eigenvalue weighted by Gasteiger charge is 2.12. The molecular weight excluding hydrogens is 262 g/mol. The summed E-state index contributed by atoms with van der Waals surface area (Å²) >= 11 is 1.47. The second-order valence-electron chi connectivity index (χ2n) is 4.43. The van der Waals surface area contributed by atoms with E-state index in [1.165, 1.54) is 11.3 Å². The Morgan fingerprint density at radius 1 is 1.47 bits per heavy atom. The van der Waals surface area contributed by atoms with Gasteiger partial charge in [0.15, 0.2) is 5.13 Å². The molecule has 0 saturated heterocycles. The van der Waals surface area contributed by atoms with E-state index in [1.807, 2.05) is 34.0 Å². The number of aryl methyl sites for hydroxylation is 3. The molecule has 1 atom stereocenters. The molecule has 0 bridgehead atoms. The van der Waals surface area contributed by atoms with Crippen LogP contribution in [-0.2, 0) is 7.05 Å². The summed E-state index contributed by atoms with van der Waals surface area (Å²) in [4.78, 5) is 17.2. The van der Waals surface area contributed by atoms with Crippen molar-refractivity contribution in [3.8, 4) is 0 Å². The first-order valence-electron chi connectivity index (χ1n) is 5.96. The normalized spacial score (nSPS) is 12.2. The van der Waals surface area contributed by atoms with Crippen LogP contribution >= 0.6 is 11.3 Å². The lowest BCUT2D eigenvalue weighted by Gasteiger charge is -2.11. The lowest BCUT2D eigenvalue weighted by atomic mass is 10.2. The Morgan fingerprint density at radius 2 is 2.21 bits per heavy atom. The summed E-state index contributed by atoms with van der Waals surface area (Å²) < 4.78 is 1.71. The van der Waals surface area contributed by atoms with Gasteiger partial charge >= 0.3 is 6.03 Å². The average molecular weight is 279 g/mol. The maximum absolute atomic E-state index is 11.8. The molecule has 2 aromatic rings. The third-order valence-electron chi connectivity index (χ3n) is 2.82. The van der Waals surface area contributed by atoms with Crippen molar-refractivity contribution in [2.24, 2.45) is 7.05 Å². The molecule has 6 nitrogen and oxygen atoms in total. The highest BCUT2D eigenvalue weighted by molar-refractivity contribution is 7.15. The van der Waals surface area contributed by atoms with Crippen molar-refractivity contribution in [3.05, 3.63) is 28.5 Å². The monoisotopic (exact) mass is 279 g/mol. The summed E-state index contributed by atoms with van der Waals surface area (Å²) in [7, 11) is 1.84. The topological polar surface area (TPSA) is 71.8 Å². The highest BCUT2D eigenvalue weighted by atomic mass is 32.1. The lowest BCUT2D eigenvalue weighted by Crippen LogP contribution is -2.30. The van der Waals surface area contributed by atoms with E-state index in [0.29, 0.717) is 5.13 Å². The Balaban J connectivity index is 1.94. The molecule has 7 heteroatoms. The third kappa shape index (κ3) is 3.31. The maximum Gasteiger partial charge on any atom is 0.321 e. The smallest absolute Gasteiger partial charge is 0.321 e. The zero-order chi connectivity index (χ0) is 14.0. The summed E-state index contributed by atoms with van der Waals surface area (Å²) in [6.07, 6.45) is 3.62. The number of thiazole rings is 1. The van der Waals surface area contributed by atoms with Crippen LogP contribution in [0.5, 0.6) is 0 Å². The number of carbonyl (C=O) groups is 1. The number of hydrogen-bond donors (Lipinski definition) is 2. The Hall–Kier alpha value is -1.89. The van der Waals surface area contributed by atoms with Gasteiger partial charge in [-0.15, -0.1) is 11.3 Å². The van der Waals surface area contributed by atoms with E-state index in [2.05, 4.69) is 20.7 Å². The van der Waals surface area contributed by atoms with Crippen molar-refractivity contribution in [1.29, 1.82) is 0 Å². The standard InChI is InChI=1S/C12H17N5OS/c1-7-9(3)19-12(15-7)16-11(18)14-8(2)10-5-13-17(4)6-10/h5-6,8H,1-4H3,(H2,14,15,16,18). The molecule has 2 rings (SSSR count). The molecule has 2 N–H and O–H groups in total. The first-order chi connectivity index (χ1) is 8.95. The zero-order valence-electron chi connectivity index (χ0n) is 11.4. The number of aromatic nitrogens is 3. The number of nitrogens with zero attached hydrogens (tertiary/aromatic N) is 3. The van der Waals surface area contributed by atoms with Crippen molar-refractivity contribution in [2.45, 2.75) is 26.8 Å². The largest absolute Gasteiger partial charge is 0.331 e. The van der Waals surface area contributed by atoms with Crippen LogP contribution in [0.3, 0.4) is 0 Å². The molecule has 0 aromatic carbocycles. The van der Waals surface area contributed by atoms with Crippen molar-refractivity contribution >= 4 is 22.5 Å². The molecule has 2 aromatic heterocycles. The molecule has 102 valence electrons. The molecule has 0 aliphatic carbocycles. The fraction of sp³-hybridized carbons (Fsp3) is 0.417. The number of carbonyl (C=O) groups excluding carboxylic acids is 1. The Labute approximate surface area is 115 Å². The summed E-state index contributed by atoms with van der Waals surface area (Å²) in [6.45, 7) is 5.82. The van der Waals surface area contributed by atoms with E-state index in [4.69, 9.17) is 0 Å². The molecule has 0 aliphatic rings. The first kappa shape index (κ1) is 13.5. The maximum atomic E-state index is 11.8. The van der Waals surface area contributed by atoms with Crippen molar-refractivity contribution in [1.82, 2.24) is 20.1 Å². The van der Waals surface area contributed by atoms with E-state index in [-0.39, 0.29) is 12.1 Å². The average Bonchev–Trinajstić information content (AvgIpc) is 2.86. The van der Waals surface area contributed by atoms with Gasteiger partial charge in [0, 0.05) is 23.7 Å². The molecule has 1 unspecified atom stereocenters. The minimum atomic E-state index is -0.259. The van der Waals surface area contributed by atoms with Crippen LogP contribution in [0.15, 0.2) is 12.4 Å². The molecule has 0 spiro atoms. The van der Waals surface area contributed by atoms with Gasteiger partial charge in [-0.25, -0.2) is 9.78 Å². The zero-order valence-corrected chi connectivity index (χ0v) is 12.2. The second-order valence-corrected chi connectivity index (χ2v) is 5.63. The number of anilines is 1. The molecule has 0 saturated carbocycles.